The van der Waals surface area contributed by atoms with Crippen LogP contribution < -0.4 is 0 Å². The summed E-state index contributed by atoms with van der Waals surface area (Å²) in [5, 5.41) is 10.3. The Morgan fingerprint density at radius 2 is 2.00 bits per heavy atom. The second-order valence-corrected chi connectivity index (χ2v) is 4.79. The van der Waals surface area contributed by atoms with E-state index in [1.54, 1.807) is 12.3 Å². The Kier molecular flexibility index (Phi) is 2.78. The number of hydrogen-bond donors (Lipinski definition) is 1. The second kappa shape index (κ2) is 4.29. The Hall–Kier alpha value is -1.10. The summed E-state index contributed by atoms with van der Waals surface area (Å²) >= 11 is 3.28. The molecule has 0 saturated heterocycles. The van der Waals surface area contributed by atoms with Crippen LogP contribution in [-0.4, -0.2) is 5.11 Å². The maximum atomic E-state index is 10.3. The molecule has 0 saturated carbocycles. The highest BCUT2D eigenvalue weighted by atomic mass is 79.9. The first-order valence-corrected chi connectivity index (χ1v) is 6.15. The van der Waals surface area contributed by atoms with Crippen LogP contribution in [0.4, 0.5) is 0 Å². The quantitative estimate of drug-likeness (QED) is 0.925. The molecule has 1 aliphatic heterocycles. The van der Waals surface area contributed by atoms with Gasteiger partial charge in [0, 0.05) is 5.56 Å². The molecule has 2 aromatic rings. The number of fused-ring (bicyclic) bond motifs is 1. The molecule has 1 aromatic heterocycles. The minimum absolute atomic E-state index is 0.571. The third kappa shape index (κ3) is 1.92. The van der Waals surface area contributed by atoms with Crippen molar-refractivity contribution in [3.63, 3.8) is 0 Å². The van der Waals surface area contributed by atoms with E-state index >= 15 is 0 Å². The van der Waals surface area contributed by atoms with Crippen LogP contribution in [-0.2, 0) is 18.0 Å². The Bertz CT molecular complexity index is 547. The zero-order chi connectivity index (χ0) is 11.8. The molecule has 0 fully saturated rings. The first-order valence-electron chi connectivity index (χ1n) is 5.36. The molecule has 0 amide bonds. The van der Waals surface area contributed by atoms with Crippen molar-refractivity contribution in [1.82, 2.24) is 0 Å². The Labute approximate surface area is 107 Å². The summed E-state index contributed by atoms with van der Waals surface area (Å²) in [7, 11) is 0. The van der Waals surface area contributed by atoms with Gasteiger partial charge in [0.1, 0.15) is 6.10 Å². The van der Waals surface area contributed by atoms with Crippen LogP contribution in [0.5, 0.6) is 0 Å². The summed E-state index contributed by atoms with van der Waals surface area (Å²) in [6, 6.07) is 7.69. The fourth-order valence-electron chi connectivity index (χ4n) is 2.04. The standard InChI is InChI=1S/C13H11BrO3/c14-13-11(3-4-17-13)12(15)8-1-2-9-6-16-7-10(9)5-8/h1-5,12,15H,6-7H2. The van der Waals surface area contributed by atoms with E-state index in [-0.39, 0.29) is 0 Å². The molecule has 1 aromatic carbocycles. The molecule has 0 aliphatic carbocycles. The smallest absolute Gasteiger partial charge is 0.175 e. The number of furan rings is 1. The molecule has 1 atom stereocenters. The van der Waals surface area contributed by atoms with Crippen LogP contribution in [0.1, 0.15) is 28.4 Å². The number of aliphatic hydroxyl groups excluding tert-OH is 1. The Morgan fingerprint density at radius 3 is 2.76 bits per heavy atom. The summed E-state index contributed by atoms with van der Waals surface area (Å²) in [4.78, 5) is 0. The lowest BCUT2D eigenvalue weighted by molar-refractivity contribution is 0.134. The van der Waals surface area contributed by atoms with E-state index in [2.05, 4.69) is 15.9 Å². The topological polar surface area (TPSA) is 42.6 Å². The van der Waals surface area contributed by atoms with Crippen molar-refractivity contribution in [2.24, 2.45) is 0 Å². The van der Waals surface area contributed by atoms with Crippen LogP contribution in [0.15, 0.2) is 39.6 Å². The molecule has 1 aliphatic rings. The molecule has 0 radical (unpaired) electrons. The number of ether oxygens (including phenoxy) is 1. The van der Waals surface area contributed by atoms with Crippen molar-refractivity contribution in [2.45, 2.75) is 19.3 Å². The van der Waals surface area contributed by atoms with Crippen LogP contribution in [0.25, 0.3) is 0 Å². The van der Waals surface area contributed by atoms with E-state index in [9.17, 15) is 5.11 Å². The molecular formula is C13H11BrO3. The maximum Gasteiger partial charge on any atom is 0.175 e. The number of aliphatic hydroxyl groups is 1. The predicted octanol–water partition coefficient (Wildman–Crippen LogP) is 3.15. The van der Waals surface area contributed by atoms with Gasteiger partial charge in [-0.1, -0.05) is 18.2 Å². The Morgan fingerprint density at radius 1 is 1.18 bits per heavy atom. The van der Waals surface area contributed by atoms with Crippen LogP contribution in [0, 0.1) is 0 Å². The lowest BCUT2D eigenvalue weighted by atomic mass is 10.00. The van der Waals surface area contributed by atoms with Gasteiger partial charge < -0.3 is 14.3 Å². The van der Waals surface area contributed by atoms with E-state index in [4.69, 9.17) is 9.15 Å². The molecule has 3 nitrogen and oxygen atoms in total. The minimum atomic E-state index is -0.672. The van der Waals surface area contributed by atoms with Crippen molar-refractivity contribution < 1.29 is 14.3 Å². The molecule has 3 rings (SSSR count). The highest BCUT2D eigenvalue weighted by Crippen LogP contribution is 2.31. The summed E-state index contributed by atoms with van der Waals surface area (Å²) in [6.07, 6.45) is 0.882. The van der Waals surface area contributed by atoms with Gasteiger partial charge in [0.2, 0.25) is 0 Å². The lowest BCUT2D eigenvalue weighted by Crippen LogP contribution is -2.00. The zero-order valence-corrected chi connectivity index (χ0v) is 10.6. The second-order valence-electron chi connectivity index (χ2n) is 4.07. The van der Waals surface area contributed by atoms with Crippen molar-refractivity contribution in [2.75, 3.05) is 0 Å². The normalized spacial score (nSPS) is 15.9. The first-order chi connectivity index (χ1) is 8.25. The van der Waals surface area contributed by atoms with Gasteiger partial charge in [-0.2, -0.15) is 0 Å². The molecule has 4 heteroatoms. The summed E-state index contributed by atoms with van der Waals surface area (Å²) in [5.74, 6) is 0. The molecule has 1 unspecified atom stereocenters. The van der Waals surface area contributed by atoms with Crippen LogP contribution in [0.3, 0.4) is 0 Å². The average molecular weight is 295 g/mol. The van der Waals surface area contributed by atoms with Gasteiger partial charge in [0.05, 0.1) is 19.5 Å². The molecule has 17 heavy (non-hydrogen) atoms. The van der Waals surface area contributed by atoms with E-state index in [1.165, 1.54) is 5.56 Å². The molecule has 1 N–H and O–H groups in total. The summed E-state index contributed by atoms with van der Waals surface area (Å²) in [6.45, 7) is 1.30. The van der Waals surface area contributed by atoms with Gasteiger partial charge in [0.25, 0.3) is 0 Å². The third-order valence-electron chi connectivity index (χ3n) is 3.00. The highest BCUT2D eigenvalue weighted by Gasteiger charge is 2.18. The number of benzene rings is 1. The van der Waals surface area contributed by atoms with Gasteiger partial charge >= 0.3 is 0 Å². The monoisotopic (exact) mass is 294 g/mol. The fourth-order valence-corrected chi connectivity index (χ4v) is 2.50. The summed E-state index contributed by atoms with van der Waals surface area (Å²) in [5.41, 5.74) is 3.95. The van der Waals surface area contributed by atoms with Crippen molar-refractivity contribution in [3.8, 4) is 0 Å². The van der Waals surface area contributed by atoms with Crippen LogP contribution in [0.2, 0.25) is 0 Å². The van der Waals surface area contributed by atoms with Gasteiger partial charge in [-0.05, 0) is 38.7 Å². The predicted molar refractivity (Wildman–Crippen MR) is 65.4 cm³/mol. The number of halogens is 1. The highest BCUT2D eigenvalue weighted by molar-refractivity contribution is 9.10. The Balaban J connectivity index is 1.97. The van der Waals surface area contributed by atoms with Crippen molar-refractivity contribution in [1.29, 1.82) is 0 Å². The van der Waals surface area contributed by atoms with Gasteiger partial charge in [0.15, 0.2) is 4.67 Å². The van der Waals surface area contributed by atoms with Gasteiger partial charge in [-0.3, -0.25) is 0 Å². The SMILES string of the molecule is OC(c1ccc2c(c1)COC2)c1ccoc1Br. The van der Waals surface area contributed by atoms with E-state index in [1.807, 2.05) is 18.2 Å². The van der Waals surface area contributed by atoms with E-state index in [0.717, 1.165) is 16.7 Å². The minimum Gasteiger partial charge on any atom is -0.457 e. The molecule has 0 bridgehead atoms. The summed E-state index contributed by atoms with van der Waals surface area (Å²) < 4.78 is 11.1. The van der Waals surface area contributed by atoms with E-state index < -0.39 is 6.10 Å². The van der Waals surface area contributed by atoms with Gasteiger partial charge in [-0.15, -0.1) is 0 Å². The maximum absolute atomic E-state index is 10.3. The fraction of sp³-hybridized carbons (Fsp3) is 0.231. The lowest BCUT2D eigenvalue weighted by Gasteiger charge is -2.10. The number of hydrogen-bond acceptors (Lipinski definition) is 3. The third-order valence-corrected chi connectivity index (χ3v) is 3.65. The molecule has 0 spiro atoms. The largest absolute Gasteiger partial charge is 0.457 e. The van der Waals surface area contributed by atoms with Crippen LogP contribution >= 0.6 is 15.9 Å². The molecular weight excluding hydrogens is 284 g/mol. The zero-order valence-electron chi connectivity index (χ0n) is 9.02. The van der Waals surface area contributed by atoms with Crippen molar-refractivity contribution >= 4 is 15.9 Å². The van der Waals surface area contributed by atoms with Crippen molar-refractivity contribution in [3.05, 3.63) is 57.5 Å². The van der Waals surface area contributed by atoms with E-state index in [0.29, 0.717) is 17.9 Å². The first kappa shape index (κ1) is 11.0. The molecule has 2 heterocycles. The van der Waals surface area contributed by atoms with Gasteiger partial charge in [-0.25, -0.2) is 0 Å². The molecule has 88 valence electrons. The number of rotatable bonds is 2. The average Bonchev–Trinajstić information content (AvgIpc) is 2.95.